The Morgan fingerprint density at radius 1 is 1.39 bits per heavy atom. The molecule has 1 fully saturated rings. The molecule has 1 aromatic carbocycles. The normalized spacial score (nSPS) is 20.4. The molecule has 2 N–H and O–H groups in total. The molecule has 1 aromatic heterocycles. The Bertz CT molecular complexity index is 803. The van der Waals surface area contributed by atoms with Gasteiger partial charge in [-0.25, -0.2) is 0 Å². The maximum atomic E-state index is 12.7. The van der Waals surface area contributed by atoms with Crippen LogP contribution in [0.4, 0.5) is 0 Å². The highest BCUT2D eigenvalue weighted by Gasteiger charge is 2.31. The molecule has 1 saturated heterocycles. The molecule has 152 valence electrons. The quantitative estimate of drug-likeness (QED) is 0.696. The highest BCUT2D eigenvalue weighted by Crippen LogP contribution is 2.35. The van der Waals surface area contributed by atoms with Gasteiger partial charge in [0.1, 0.15) is 5.75 Å². The van der Waals surface area contributed by atoms with E-state index in [0.29, 0.717) is 18.2 Å². The molecule has 1 aliphatic heterocycles. The molecule has 0 aliphatic carbocycles. The SMILES string of the molecule is COc1ccc(C2C(CNC(=O)c3n[nH]c(C(C)C)c3Br)CCCN2C)cc1. The van der Waals surface area contributed by atoms with Crippen molar-refractivity contribution in [1.29, 1.82) is 0 Å². The van der Waals surface area contributed by atoms with Crippen molar-refractivity contribution >= 4 is 21.8 Å². The van der Waals surface area contributed by atoms with E-state index in [4.69, 9.17) is 4.74 Å². The zero-order valence-electron chi connectivity index (χ0n) is 17.0. The average Bonchev–Trinajstić information content (AvgIpc) is 3.08. The van der Waals surface area contributed by atoms with Crippen LogP contribution in [0, 0.1) is 5.92 Å². The molecule has 7 heteroatoms. The lowest BCUT2D eigenvalue weighted by molar-refractivity contribution is 0.0886. The lowest BCUT2D eigenvalue weighted by Gasteiger charge is -2.39. The van der Waals surface area contributed by atoms with Crippen LogP contribution >= 0.6 is 15.9 Å². The second-order valence-corrected chi connectivity index (χ2v) is 8.56. The van der Waals surface area contributed by atoms with Crippen LogP contribution in [-0.2, 0) is 0 Å². The molecule has 6 nitrogen and oxygen atoms in total. The Morgan fingerprint density at radius 3 is 2.71 bits per heavy atom. The molecule has 3 rings (SSSR count). The van der Waals surface area contributed by atoms with Crippen LogP contribution in [0.15, 0.2) is 28.7 Å². The largest absolute Gasteiger partial charge is 0.497 e. The molecule has 1 aliphatic rings. The third-order valence-electron chi connectivity index (χ3n) is 5.51. The maximum absolute atomic E-state index is 12.7. The minimum atomic E-state index is -0.142. The Hall–Kier alpha value is -1.86. The Labute approximate surface area is 175 Å². The molecule has 1 amide bonds. The number of rotatable bonds is 6. The molecular weight excluding hydrogens is 420 g/mol. The number of ether oxygens (including phenoxy) is 1. The molecular formula is C21H29BrN4O2. The van der Waals surface area contributed by atoms with Gasteiger partial charge < -0.3 is 10.1 Å². The zero-order chi connectivity index (χ0) is 20.3. The van der Waals surface area contributed by atoms with Crippen LogP contribution in [0.2, 0.25) is 0 Å². The van der Waals surface area contributed by atoms with E-state index in [1.165, 1.54) is 5.56 Å². The van der Waals surface area contributed by atoms with E-state index in [1.807, 2.05) is 12.1 Å². The number of nitrogens with one attached hydrogen (secondary N) is 2. The van der Waals surface area contributed by atoms with E-state index in [9.17, 15) is 4.79 Å². The number of hydrogen-bond donors (Lipinski definition) is 2. The molecule has 2 heterocycles. The number of aromatic amines is 1. The van der Waals surface area contributed by atoms with Crippen molar-refractivity contribution in [2.75, 3.05) is 27.2 Å². The van der Waals surface area contributed by atoms with Gasteiger partial charge in [-0.3, -0.25) is 14.8 Å². The summed E-state index contributed by atoms with van der Waals surface area (Å²) < 4.78 is 6.04. The van der Waals surface area contributed by atoms with Crippen molar-refractivity contribution in [1.82, 2.24) is 20.4 Å². The highest BCUT2D eigenvalue weighted by atomic mass is 79.9. The fourth-order valence-corrected chi connectivity index (χ4v) is 4.80. The van der Waals surface area contributed by atoms with Crippen LogP contribution in [0.1, 0.15) is 60.4 Å². The summed E-state index contributed by atoms with van der Waals surface area (Å²) in [5.41, 5.74) is 2.62. The number of methoxy groups -OCH3 is 1. The summed E-state index contributed by atoms with van der Waals surface area (Å²) in [6, 6.07) is 8.52. The van der Waals surface area contributed by atoms with Gasteiger partial charge >= 0.3 is 0 Å². The van der Waals surface area contributed by atoms with Gasteiger partial charge in [0.15, 0.2) is 5.69 Å². The topological polar surface area (TPSA) is 70.2 Å². The summed E-state index contributed by atoms with van der Waals surface area (Å²) in [6.07, 6.45) is 2.22. The second-order valence-electron chi connectivity index (χ2n) is 7.77. The molecule has 0 spiro atoms. The fourth-order valence-electron chi connectivity index (χ4n) is 3.98. The molecule has 0 saturated carbocycles. The molecule has 2 aromatic rings. The monoisotopic (exact) mass is 448 g/mol. The van der Waals surface area contributed by atoms with Crippen LogP contribution in [0.3, 0.4) is 0 Å². The van der Waals surface area contributed by atoms with E-state index in [2.05, 4.69) is 69.4 Å². The molecule has 0 radical (unpaired) electrons. The zero-order valence-corrected chi connectivity index (χ0v) is 18.5. The number of carbonyl (C=O) groups excluding carboxylic acids is 1. The summed E-state index contributed by atoms with van der Waals surface area (Å²) in [6.45, 7) is 5.81. The van der Waals surface area contributed by atoms with E-state index in [0.717, 1.165) is 35.3 Å². The fraction of sp³-hybridized carbons (Fsp3) is 0.524. The van der Waals surface area contributed by atoms with Gasteiger partial charge in [-0.2, -0.15) is 5.10 Å². The minimum absolute atomic E-state index is 0.142. The lowest BCUT2D eigenvalue weighted by atomic mass is 9.85. The highest BCUT2D eigenvalue weighted by molar-refractivity contribution is 9.10. The smallest absolute Gasteiger partial charge is 0.272 e. The minimum Gasteiger partial charge on any atom is -0.497 e. The van der Waals surface area contributed by atoms with Gasteiger partial charge in [-0.15, -0.1) is 0 Å². The molecule has 0 bridgehead atoms. The number of piperidine rings is 1. The van der Waals surface area contributed by atoms with Gasteiger partial charge in [0.05, 0.1) is 17.3 Å². The standard InChI is InChI=1S/C21H29BrN4O2/c1-13(2)18-17(22)19(25-24-18)21(27)23-12-15-6-5-11-26(3)20(15)14-7-9-16(28-4)10-8-14/h7-10,13,15,20H,5-6,11-12H2,1-4H3,(H,23,27)(H,24,25). The van der Waals surface area contributed by atoms with Crippen molar-refractivity contribution < 1.29 is 9.53 Å². The first-order chi connectivity index (χ1) is 13.4. The van der Waals surface area contributed by atoms with E-state index in [1.54, 1.807) is 7.11 Å². The first kappa shape index (κ1) is 20.9. The van der Waals surface area contributed by atoms with Crippen LogP contribution in [0.5, 0.6) is 5.75 Å². The number of benzene rings is 1. The average molecular weight is 449 g/mol. The predicted molar refractivity (Wildman–Crippen MR) is 114 cm³/mol. The van der Waals surface area contributed by atoms with Crippen LogP contribution in [-0.4, -0.2) is 48.3 Å². The van der Waals surface area contributed by atoms with Crippen LogP contribution in [0.25, 0.3) is 0 Å². The first-order valence-corrected chi connectivity index (χ1v) is 10.6. The molecule has 28 heavy (non-hydrogen) atoms. The van der Waals surface area contributed by atoms with Crippen molar-refractivity contribution in [3.63, 3.8) is 0 Å². The van der Waals surface area contributed by atoms with Gasteiger partial charge in [0.25, 0.3) is 5.91 Å². The van der Waals surface area contributed by atoms with Crippen molar-refractivity contribution in [3.8, 4) is 5.75 Å². The predicted octanol–water partition coefficient (Wildman–Crippen LogP) is 4.12. The number of likely N-dealkylation sites (tertiary alicyclic amines) is 1. The van der Waals surface area contributed by atoms with E-state index < -0.39 is 0 Å². The Kier molecular flexibility index (Phi) is 6.78. The molecule has 2 unspecified atom stereocenters. The number of aromatic nitrogens is 2. The maximum Gasteiger partial charge on any atom is 0.272 e. The lowest BCUT2D eigenvalue weighted by Crippen LogP contribution is -2.41. The number of carbonyl (C=O) groups is 1. The molecule has 2 atom stereocenters. The number of hydrogen-bond acceptors (Lipinski definition) is 4. The number of H-pyrrole nitrogens is 1. The third kappa shape index (κ3) is 4.41. The van der Waals surface area contributed by atoms with Crippen molar-refractivity contribution in [2.45, 2.75) is 38.6 Å². The van der Waals surface area contributed by atoms with E-state index in [-0.39, 0.29) is 17.9 Å². The summed E-state index contributed by atoms with van der Waals surface area (Å²) in [5, 5.41) is 10.3. The third-order valence-corrected chi connectivity index (χ3v) is 6.32. The van der Waals surface area contributed by atoms with Gasteiger partial charge in [0.2, 0.25) is 0 Å². The Morgan fingerprint density at radius 2 is 2.11 bits per heavy atom. The summed E-state index contributed by atoms with van der Waals surface area (Å²) in [7, 11) is 3.83. The van der Waals surface area contributed by atoms with Crippen molar-refractivity contribution in [2.24, 2.45) is 5.92 Å². The van der Waals surface area contributed by atoms with Gasteiger partial charge in [-0.05, 0) is 71.9 Å². The summed E-state index contributed by atoms with van der Waals surface area (Å²) in [4.78, 5) is 15.1. The second kappa shape index (κ2) is 9.09. The number of nitrogens with zero attached hydrogens (tertiary/aromatic N) is 2. The van der Waals surface area contributed by atoms with Gasteiger partial charge in [-0.1, -0.05) is 26.0 Å². The first-order valence-electron chi connectivity index (χ1n) is 9.78. The van der Waals surface area contributed by atoms with E-state index >= 15 is 0 Å². The summed E-state index contributed by atoms with van der Waals surface area (Å²) >= 11 is 3.52. The van der Waals surface area contributed by atoms with Gasteiger partial charge in [0, 0.05) is 12.6 Å². The number of amides is 1. The summed E-state index contributed by atoms with van der Waals surface area (Å²) in [5.74, 6) is 1.33. The number of halogens is 1. The van der Waals surface area contributed by atoms with Crippen LogP contribution < -0.4 is 10.1 Å². The van der Waals surface area contributed by atoms with Crippen molar-refractivity contribution in [3.05, 3.63) is 45.7 Å². The Balaban J connectivity index is 1.71.